The highest BCUT2D eigenvalue weighted by atomic mass is 35.5. The number of hydrogen-bond acceptors (Lipinski definition) is 3. The Morgan fingerprint density at radius 3 is 2.50 bits per heavy atom. The van der Waals surface area contributed by atoms with Crippen molar-refractivity contribution < 1.29 is 9.84 Å². The van der Waals surface area contributed by atoms with Crippen LogP contribution in [-0.2, 0) is 4.74 Å². The summed E-state index contributed by atoms with van der Waals surface area (Å²) in [6.07, 6.45) is 1.81. The van der Waals surface area contributed by atoms with Crippen molar-refractivity contribution in [2.24, 2.45) is 11.7 Å². The molecule has 3 N–H and O–H groups in total. The number of rotatable bonds is 2. The molecular formula is C12H16Cl3NO2. The van der Waals surface area contributed by atoms with Gasteiger partial charge in [0, 0.05) is 24.8 Å². The lowest BCUT2D eigenvalue weighted by Gasteiger charge is -2.28. The first-order chi connectivity index (χ1) is 8.11. The molecule has 0 aliphatic carbocycles. The standard InChI is InChI=1S/C12H15Cl2NO2.ClH/c13-9-2-1-8(12(16)10(9)14)11(15)7-3-5-17-6-4-7;/h1-2,7,11,16H,3-6,15H2;1H/t11-;/m1./s1. The molecule has 1 aromatic carbocycles. The first-order valence-corrected chi connectivity index (χ1v) is 6.37. The van der Waals surface area contributed by atoms with Gasteiger partial charge in [-0.05, 0) is 24.8 Å². The monoisotopic (exact) mass is 311 g/mol. The van der Waals surface area contributed by atoms with Crippen molar-refractivity contribution in [2.75, 3.05) is 13.2 Å². The first-order valence-electron chi connectivity index (χ1n) is 5.61. The Morgan fingerprint density at radius 2 is 1.89 bits per heavy atom. The summed E-state index contributed by atoms with van der Waals surface area (Å²) in [5.74, 6) is 0.310. The van der Waals surface area contributed by atoms with Crippen LogP contribution in [-0.4, -0.2) is 18.3 Å². The summed E-state index contributed by atoms with van der Waals surface area (Å²) in [7, 11) is 0. The molecule has 0 unspecified atom stereocenters. The zero-order valence-electron chi connectivity index (χ0n) is 9.73. The van der Waals surface area contributed by atoms with Gasteiger partial charge < -0.3 is 15.6 Å². The van der Waals surface area contributed by atoms with Crippen LogP contribution in [0, 0.1) is 5.92 Å². The number of hydrogen-bond donors (Lipinski definition) is 2. The quantitative estimate of drug-likeness (QED) is 0.878. The molecule has 6 heteroatoms. The Bertz CT molecular complexity index is 409. The molecule has 1 fully saturated rings. The molecule has 18 heavy (non-hydrogen) atoms. The van der Waals surface area contributed by atoms with Gasteiger partial charge in [0.2, 0.25) is 0 Å². The molecule has 1 heterocycles. The van der Waals surface area contributed by atoms with Gasteiger partial charge >= 0.3 is 0 Å². The SMILES string of the molecule is Cl.N[C@@H](c1ccc(Cl)c(Cl)c1O)C1CCOCC1. The predicted octanol–water partition coefficient (Wildman–Crippen LogP) is 3.55. The number of aromatic hydroxyl groups is 1. The molecule has 0 aromatic heterocycles. The van der Waals surface area contributed by atoms with Gasteiger partial charge in [0.05, 0.1) is 5.02 Å². The number of nitrogens with two attached hydrogens (primary N) is 1. The summed E-state index contributed by atoms with van der Waals surface area (Å²) < 4.78 is 5.29. The fourth-order valence-corrected chi connectivity index (χ4v) is 2.48. The summed E-state index contributed by atoms with van der Waals surface area (Å²) in [5, 5.41) is 10.5. The second kappa shape index (κ2) is 6.83. The minimum Gasteiger partial charge on any atom is -0.506 e. The molecule has 1 aromatic rings. The van der Waals surface area contributed by atoms with Crippen molar-refractivity contribution in [3.63, 3.8) is 0 Å². The highest BCUT2D eigenvalue weighted by molar-refractivity contribution is 6.43. The zero-order valence-corrected chi connectivity index (χ0v) is 12.1. The lowest BCUT2D eigenvalue weighted by molar-refractivity contribution is 0.0581. The molecular weight excluding hydrogens is 296 g/mol. The average molecular weight is 313 g/mol. The van der Waals surface area contributed by atoms with Crippen molar-refractivity contribution in [1.82, 2.24) is 0 Å². The van der Waals surface area contributed by atoms with Crippen molar-refractivity contribution >= 4 is 35.6 Å². The number of ether oxygens (including phenoxy) is 1. The molecule has 0 saturated carbocycles. The van der Waals surface area contributed by atoms with Crippen molar-refractivity contribution in [3.8, 4) is 5.75 Å². The predicted molar refractivity (Wildman–Crippen MR) is 75.8 cm³/mol. The van der Waals surface area contributed by atoms with Gasteiger partial charge in [-0.25, -0.2) is 0 Å². The highest BCUT2D eigenvalue weighted by Crippen LogP contribution is 2.39. The maximum atomic E-state index is 9.95. The number of phenolic OH excluding ortho intramolecular Hbond substituents is 1. The third-order valence-electron chi connectivity index (χ3n) is 3.23. The van der Waals surface area contributed by atoms with Crippen LogP contribution in [0.4, 0.5) is 0 Å². The van der Waals surface area contributed by atoms with Crippen LogP contribution in [0.2, 0.25) is 10.0 Å². The topological polar surface area (TPSA) is 55.5 Å². The summed E-state index contributed by atoms with van der Waals surface area (Å²) in [5.41, 5.74) is 6.83. The van der Waals surface area contributed by atoms with Gasteiger partial charge in [0.25, 0.3) is 0 Å². The van der Waals surface area contributed by atoms with Crippen LogP contribution in [0.15, 0.2) is 12.1 Å². The van der Waals surface area contributed by atoms with Crippen molar-refractivity contribution in [3.05, 3.63) is 27.7 Å². The molecule has 0 bridgehead atoms. The Hall–Kier alpha value is -0.190. The van der Waals surface area contributed by atoms with E-state index in [0.717, 1.165) is 26.1 Å². The Morgan fingerprint density at radius 1 is 1.28 bits per heavy atom. The van der Waals surface area contributed by atoms with E-state index in [1.165, 1.54) is 0 Å². The van der Waals surface area contributed by atoms with E-state index in [-0.39, 0.29) is 29.2 Å². The Labute approximate surface area is 123 Å². The average Bonchev–Trinajstić information content (AvgIpc) is 2.36. The van der Waals surface area contributed by atoms with E-state index in [4.69, 9.17) is 33.7 Å². The fraction of sp³-hybridized carbons (Fsp3) is 0.500. The van der Waals surface area contributed by atoms with E-state index in [2.05, 4.69) is 0 Å². The molecule has 0 spiro atoms. The van der Waals surface area contributed by atoms with E-state index in [9.17, 15) is 5.11 Å². The van der Waals surface area contributed by atoms with Gasteiger partial charge in [-0.2, -0.15) is 0 Å². The van der Waals surface area contributed by atoms with Crippen molar-refractivity contribution in [1.29, 1.82) is 0 Å². The Kier molecular flexibility index (Phi) is 6.02. The molecule has 102 valence electrons. The van der Waals surface area contributed by atoms with E-state index >= 15 is 0 Å². The number of halogens is 3. The van der Waals surface area contributed by atoms with Crippen LogP contribution in [0.1, 0.15) is 24.4 Å². The second-order valence-corrected chi connectivity index (χ2v) is 5.06. The minimum atomic E-state index is -0.228. The molecule has 0 radical (unpaired) electrons. The minimum absolute atomic E-state index is 0. The van der Waals surface area contributed by atoms with Crippen LogP contribution >= 0.6 is 35.6 Å². The summed E-state index contributed by atoms with van der Waals surface area (Å²) in [6.45, 7) is 1.45. The number of benzene rings is 1. The molecule has 0 amide bonds. The maximum absolute atomic E-state index is 9.95. The lowest BCUT2D eigenvalue weighted by atomic mass is 9.87. The maximum Gasteiger partial charge on any atom is 0.140 e. The smallest absolute Gasteiger partial charge is 0.140 e. The van der Waals surface area contributed by atoms with Crippen molar-refractivity contribution in [2.45, 2.75) is 18.9 Å². The normalized spacial score (nSPS) is 18.2. The van der Waals surface area contributed by atoms with E-state index in [1.54, 1.807) is 12.1 Å². The molecule has 1 saturated heterocycles. The van der Waals surface area contributed by atoms with Crippen LogP contribution in [0.5, 0.6) is 5.75 Å². The fourth-order valence-electron chi connectivity index (χ4n) is 2.15. The lowest BCUT2D eigenvalue weighted by Crippen LogP contribution is -2.27. The van der Waals surface area contributed by atoms with E-state index in [1.807, 2.05) is 0 Å². The van der Waals surface area contributed by atoms with Gasteiger partial charge in [-0.15, -0.1) is 12.4 Å². The molecule has 3 nitrogen and oxygen atoms in total. The third kappa shape index (κ3) is 3.22. The van der Waals surface area contributed by atoms with Crippen LogP contribution < -0.4 is 5.73 Å². The van der Waals surface area contributed by atoms with E-state index < -0.39 is 0 Å². The summed E-state index contributed by atoms with van der Waals surface area (Å²) in [4.78, 5) is 0. The molecule has 2 rings (SSSR count). The first kappa shape index (κ1) is 15.9. The van der Waals surface area contributed by atoms with Crippen LogP contribution in [0.25, 0.3) is 0 Å². The number of phenols is 1. The third-order valence-corrected chi connectivity index (χ3v) is 4.03. The highest BCUT2D eigenvalue weighted by Gasteiger charge is 2.25. The second-order valence-electron chi connectivity index (χ2n) is 4.27. The zero-order chi connectivity index (χ0) is 12.4. The molecule has 1 atom stereocenters. The molecule has 1 aliphatic rings. The van der Waals surface area contributed by atoms with E-state index in [0.29, 0.717) is 16.5 Å². The Balaban J connectivity index is 0.00000162. The van der Waals surface area contributed by atoms with Gasteiger partial charge in [-0.3, -0.25) is 0 Å². The van der Waals surface area contributed by atoms with Crippen LogP contribution in [0.3, 0.4) is 0 Å². The largest absolute Gasteiger partial charge is 0.506 e. The summed E-state index contributed by atoms with van der Waals surface area (Å²) in [6, 6.07) is 3.18. The molecule has 1 aliphatic heterocycles. The van der Waals surface area contributed by atoms with Gasteiger partial charge in [-0.1, -0.05) is 29.3 Å². The summed E-state index contributed by atoms with van der Waals surface area (Å²) >= 11 is 11.7. The van der Waals surface area contributed by atoms with Gasteiger partial charge in [0.1, 0.15) is 10.8 Å². The van der Waals surface area contributed by atoms with Gasteiger partial charge in [0.15, 0.2) is 0 Å².